The number of likely N-dealkylation sites (tertiary alicyclic amines) is 1. The van der Waals surface area contributed by atoms with Gasteiger partial charge < -0.3 is 14.7 Å². The van der Waals surface area contributed by atoms with Crippen LogP contribution >= 0.6 is 0 Å². The average molecular weight is 305 g/mol. The first kappa shape index (κ1) is 16.3. The zero-order chi connectivity index (χ0) is 15.9. The van der Waals surface area contributed by atoms with E-state index in [4.69, 9.17) is 9.84 Å². The zero-order valence-corrected chi connectivity index (χ0v) is 12.9. The van der Waals surface area contributed by atoms with E-state index < -0.39 is 5.97 Å². The third kappa shape index (κ3) is 4.76. The smallest absolute Gasteiger partial charge is 0.410 e. The zero-order valence-electron chi connectivity index (χ0n) is 12.9. The lowest BCUT2D eigenvalue weighted by atomic mass is 9.85. The highest BCUT2D eigenvalue weighted by molar-refractivity contribution is 5.68. The van der Waals surface area contributed by atoms with Crippen LogP contribution in [0.1, 0.15) is 31.7 Å². The highest BCUT2D eigenvalue weighted by Gasteiger charge is 2.29. The minimum absolute atomic E-state index is 0.0715. The van der Waals surface area contributed by atoms with Crippen molar-refractivity contribution < 1.29 is 19.4 Å². The molecule has 1 saturated heterocycles. The molecular weight excluding hydrogens is 282 g/mol. The molecule has 1 aliphatic heterocycles. The summed E-state index contributed by atoms with van der Waals surface area (Å²) in [4.78, 5) is 24.7. The molecule has 120 valence electrons. The summed E-state index contributed by atoms with van der Waals surface area (Å²) in [6.45, 7) is 3.48. The van der Waals surface area contributed by atoms with Gasteiger partial charge in [-0.05, 0) is 30.2 Å². The molecule has 0 bridgehead atoms. The number of piperidine rings is 1. The van der Waals surface area contributed by atoms with E-state index in [9.17, 15) is 9.59 Å². The summed E-state index contributed by atoms with van der Waals surface area (Å²) in [6, 6.07) is 9.58. The lowest BCUT2D eigenvalue weighted by molar-refractivity contribution is -0.138. The monoisotopic (exact) mass is 305 g/mol. The van der Waals surface area contributed by atoms with Crippen molar-refractivity contribution in [2.24, 2.45) is 11.8 Å². The predicted molar refractivity (Wildman–Crippen MR) is 82.3 cm³/mol. The standard InChI is InChI=1S/C17H23NO4/c1-13(10-16(19)20)15-8-5-9-18(11-15)17(21)22-12-14-6-3-2-4-7-14/h2-4,6-7,13,15H,5,8-12H2,1H3,(H,19,20). The maximum atomic E-state index is 12.1. The summed E-state index contributed by atoms with van der Waals surface area (Å²) in [5.74, 6) is -0.479. The summed E-state index contributed by atoms with van der Waals surface area (Å²) >= 11 is 0. The van der Waals surface area contributed by atoms with Gasteiger partial charge in [0.2, 0.25) is 0 Å². The Labute approximate surface area is 130 Å². The molecular formula is C17H23NO4. The first-order chi connectivity index (χ1) is 10.6. The number of hydrogen-bond acceptors (Lipinski definition) is 3. The molecule has 1 fully saturated rings. The minimum Gasteiger partial charge on any atom is -0.481 e. The number of rotatable bonds is 5. The first-order valence-corrected chi connectivity index (χ1v) is 7.73. The molecule has 1 aliphatic rings. The van der Waals surface area contributed by atoms with E-state index >= 15 is 0 Å². The predicted octanol–water partition coefficient (Wildman–Crippen LogP) is 3.15. The van der Waals surface area contributed by atoms with Gasteiger partial charge in [-0.25, -0.2) is 4.79 Å². The third-order valence-electron chi connectivity index (χ3n) is 4.22. The van der Waals surface area contributed by atoms with Crippen molar-refractivity contribution in [1.82, 2.24) is 4.90 Å². The number of nitrogens with zero attached hydrogens (tertiary/aromatic N) is 1. The first-order valence-electron chi connectivity index (χ1n) is 7.73. The summed E-state index contributed by atoms with van der Waals surface area (Å²) in [7, 11) is 0. The summed E-state index contributed by atoms with van der Waals surface area (Å²) in [5, 5.41) is 8.89. The van der Waals surface area contributed by atoms with Gasteiger partial charge in [0.1, 0.15) is 6.61 Å². The Kier molecular flexibility index (Phi) is 5.81. The van der Waals surface area contributed by atoms with E-state index in [1.165, 1.54) is 0 Å². The van der Waals surface area contributed by atoms with Crippen molar-refractivity contribution in [3.05, 3.63) is 35.9 Å². The van der Waals surface area contributed by atoms with E-state index in [2.05, 4.69) is 0 Å². The second kappa shape index (κ2) is 7.82. The lowest BCUT2D eigenvalue weighted by Crippen LogP contribution is -2.42. The van der Waals surface area contributed by atoms with E-state index in [0.717, 1.165) is 18.4 Å². The van der Waals surface area contributed by atoms with Gasteiger partial charge in [-0.1, -0.05) is 37.3 Å². The summed E-state index contributed by atoms with van der Waals surface area (Å²) in [5.41, 5.74) is 0.962. The van der Waals surface area contributed by atoms with Gasteiger partial charge >= 0.3 is 12.1 Å². The molecule has 0 aliphatic carbocycles. The van der Waals surface area contributed by atoms with Crippen molar-refractivity contribution in [3.8, 4) is 0 Å². The van der Waals surface area contributed by atoms with Crippen molar-refractivity contribution in [3.63, 3.8) is 0 Å². The SMILES string of the molecule is CC(CC(=O)O)C1CCCN(C(=O)OCc2ccccc2)C1. The fourth-order valence-electron chi connectivity index (χ4n) is 2.89. The Bertz CT molecular complexity index is 503. The van der Waals surface area contributed by atoms with Crippen LogP contribution in [0.15, 0.2) is 30.3 Å². The maximum absolute atomic E-state index is 12.1. The van der Waals surface area contributed by atoms with Gasteiger partial charge in [0.15, 0.2) is 0 Å². The van der Waals surface area contributed by atoms with Crippen molar-refractivity contribution in [2.75, 3.05) is 13.1 Å². The Morgan fingerprint density at radius 1 is 1.36 bits per heavy atom. The molecule has 1 aromatic carbocycles. The summed E-state index contributed by atoms with van der Waals surface area (Å²) in [6.07, 6.45) is 1.71. The van der Waals surface area contributed by atoms with Crippen molar-refractivity contribution in [2.45, 2.75) is 32.8 Å². The molecule has 0 spiro atoms. The van der Waals surface area contributed by atoms with Gasteiger partial charge in [-0.3, -0.25) is 4.79 Å². The molecule has 1 heterocycles. The molecule has 2 rings (SSSR count). The topological polar surface area (TPSA) is 66.8 Å². The van der Waals surface area contributed by atoms with Crippen LogP contribution in [0.2, 0.25) is 0 Å². The fraction of sp³-hybridized carbons (Fsp3) is 0.529. The van der Waals surface area contributed by atoms with Crippen LogP contribution in [0.25, 0.3) is 0 Å². The van der Waals surface area contributed by atoms with E-state index in [1.54, 1.807) is 4.90 Å². The minimum atomic E-state index is -0.781. The average Bonchev–Trinajstić information content (AvgIpc) is 2.53. The van der Waals surface area contributed by atoms with E-state index in [0.29, 0.717) is 13.1 Å². The lowest BCUT2D eigenvalue weighted by Gasteiger charge is -2.34. The number of benzene rings is 1. The highest BCUT2D eigenvalue weighted by atomic mass is 16.6. The maximum Gasteiger partial charge on any atom is 0.410 e. The van der Waals surface area contributed by atoms with Crippen LogP contribution in [0.4, 0.5) is 4.79 Å². The van der Waals surface area contributed by atoms with E-state index in [-0.39, 0.29) is 31.0 Å². The Morgan fingerprint density at radius 2 is 2.09 bits per heavy atom. The Balaban J connectivity index is 1.83. The molecule has 0 aromatic heterocycles. The molecule has 5 heteroatoms. The van der Waals surface area contributed by atoms with Crippen molar-refractivity contribution in [1.29, 1.82) is 0 Å². The fourth-order valence-corrected chi connectivity index (χ4v) is 2.89. The van der Waals surface area contributed by atoms with Crippen molar-refractivity contribution >= 4 is 12.1 Å². The molecule has 2 atom stereocenters. The number of amides is 1. The second-order valence-corrected chi connectivity index (χ2v) is 5.96. The molecule has 5 nitrogen and oxygen atoms in total. The third-order valence-corrected chi connectivity index (χ3v) is 4.22. The number of hydrogen-bond donors (Lipinski definition) is 1. The molecule has 1 aromatic rings. The number of aliphatic carboxylic acids is 1. The number of carbonyl (C=O) groups excluding carboxylic acids is 1. The number of carbonyl (C=O) groups is 2. The van der Waals surface area contributed by atoms with Crippen LogP contribution in [0.5, 0.6) is 0 Å². The Morgan fingerprint density at radius 3 is 2.77 bits per heavy atom. The highest BCUT2D eigenvalue weighted by Crippen LogP contribution is 2.26. The van der Waals surface area contributed by atoms with E-state index in [1.807, 2.05) is 37.3 Å². The van der Waals surface area contributed by atoms with Crippen LogP contribution in [-0.4, -0.2) is 35.2 Å². The molecule has 0 radical (unpaired) electrons. The van der Waals surface area contributed by atoms with Gasteiger partial charge in [-0.2, -0.15) is 0 Å². The molecule has 2 unspecified atom stereocenters. The number of carboxylic acid groups (broad SMARTS) is 1. The number of ether oxygens (including phenoxy) is 1. The van der Waals surface area contributed by atoms with Crippen LogP contribution < -0.4 is 0 Å². The Hall–Kier alpha value is -2.04. The largest absolute Gasteiger partial charge is 0.481 e. The molecule has 0 saturated carbocycles. The molecule has 1 amide bonds. The normalized spacial score (nSPS) is 19.5. The molecule has 22 heavy (non-hydrogen) atoms. The van der Waals surface area contributed by atoms with Gasteiger partial charge in [0.05, 0.1) is 0 Å². The van der Waals surface area contributed by atoms with Gasteiger partial charge in [0.25, 0.3) is 0 Å². The van der Waals surface area contributed by atoms with Crippen LogP contribution in [0, 0.1) is 11.8 Å². The quantitative estimate of drug-likeness (QED) is 0.907. The summed E-state index contributed by atoms with van der Waals surface area (Å²) < 4.78 is 5.35. The second-order valence-electron chi connectivity index (χ2n) is 5.96. The van der Waals surface area contributed by atoms with Gasteiger partial charge in [-0.15, -0.1) is 0 Å². The van der Waals surface area contributed by atoms with Gasteiger partial charge in [0, 0.05) is 19.5 Å². The number of carboxylic acids is 1. The van der Waals surface area contributed by atoms with Crippen LogP contribution in [-0.2, 0) is 16.1 Å². The van der Waals surface area contributed by atoms with Crippen LogP contribution in [0.3, 0.4) is 0 Å². The molecule has 1 N–H and O–H groups in total.